The summed E-state index contributed by atoms with van der Waals surface area (Å²) in [4.78, 5) is 22.3. The summed E-state index contributed by atoms with van der Waals surface area (Å²) in [5.41, 5.74) is 5.48. The number of carbonyl (C=O) groups excluding carboxylic acids is 1. The van der Waals surface area contributed by atoms with Crippen LogP contribution in [-0.4, -0.2) is 53.2 Å². The highest BCUT2D eigenvalue weighted by Gasteiger charge is 2.40. The lowest BCUT2D eigenvalue weighted by atomic mass is 9.96. The van der Waals surface area contributed by atoms with Crippen LogP contribution in [-0.2, 0) is 24.1 Å². The minimum absolute atomic E-state index is 0.00459. The predicted octanol–water partition coefficient (Wildman–Crippen LogP) is 2.10. The smallest absolute Gasteiger partial charge is 0.233 e. The second kappa shape index (κ2) is 6.96. The summed E-state index contributed by atoms with van der Waals surface area (Å²) in [5, 5.41) is 8.72. The maximum atomic E-state index is 13.2. The fourth-order valence-corrected chi connectivity index (χ4v) is 5.16. The van der Waals surface area contributed by atoms with Gasteiger partial charge in [0.25, 0.3) is 0 Å². The van der Waals surface area contributed by atoms with Crippen molar-refractivity contribution in [2.75, 3.05) is 42.5 Å². The van der Waals surface area contributed by atoms with E-state index in [-0.39, 0.29) is 11.8 Å². The van der Waals surface area contributed by atoms with Gasteiger partial charge >= 0.3 is 0 Å². The first-order chi connectivity index (χ1) is 14.7. The number of amides is 1. The summed E-state index contributed by atoms with van der Waals surface area (Å²) in [5.74, 6) is 1.33. The van der Waals surface area contributed by atoms with Crippen LogP contribution in [0.4, 0.5) is 11.5 Å². The fraction of sp³-hybridized carbons (Fsp3) is 0.409. The van der Waals surface area contributed by atoms with Gasteiger partial charge in [-0.05, 0) is 43.1 Å². The van der Waals surface area contributed by atoms with Crippen LogP contribution in [0.25, 0.3) is 5.65 Å². The van der Waals surface area contributed by atoms with E-state index in [1.54, 1.807) is 6.20 Å². The average Bonchev–Trinajstić information content (AvgIpc) is 3.26. The van der Waals surface area contributed by atoms with E-state index in [0.29, 0.717) is 0 Å². The minimum atomic E-state index is 0.00459. The summed E-state index contributed by atoms with van der Waals surface area (Å²) >= 11 is 6.12. The van der Waals surface area contributed by atoms with Gasteiger partial charge in [-0.2, -0.15) is 9.61 Å². The van der Waals surface area contributed by atoms with E-state index < -0.39 is 0 Å². The molecular formula is C22H23ClN6O. The third-order valence-electron chi connectivity index (χ3n) is 6.51. The first-order valence-corrected chi connectivity index (χ1v) is 11.0. The Hall–Kier alpha value is -2.64. The number of hydrogen-bond donors (Lipinski definition) is 1. The van der Waals surface area contributed by atoms with Gasteiger partial charge < -0.3 is 15.1 Å². The number of fused-ring (bicyclic) bond motifs is 3. The molecule has 0 saturated carbocycles. The zero-order valence-corrected chi connectivity index (χ0v) is 17.4. The molecule has 0 unspecified atom stereocenters. The van der Waals surface area contributed by atoms with E-state index in [2.05, 4.69) is 15.3 Å². The summed E-state index contributed by atoms with van der Waals surface area (Å²) in [6.07, 6.45) is 4.53. The number of nitrogens with one attached hydrogen (secondary N) is 1. The molecule has 1 amide bonds. The van der Waals surface area contributed by atoms with Crippen LogP contribution in [0.2, 0.25) is 5.02 Å². The van der Waals surface area contributed by atoms with Gasteiger partial charge in [-0.3, -0.25) is 4.79 Å². The molecule has 0 aliphatic carbocycles. The van der Waals surface area contributed by atoms with Gasteiger partial charge in [0, 0.05) is 54.9 Å². The Morgan fingerprint density at radius 2 is 2.00 bits per heavy atom. The van der Waals surface area contributed by atoms with E-state index in [1.165, 1.54) is 5.56 Å². The van der Waals surface area contributed by atoms with Crippen LogP contribution >= 0.6 is 11.6 Å². The molecule has 1 aromatic carbocycles. The highest BCUT2D eigenvalue weighted by Crippen LogP contribution is 2.35. The van der Waals surface area contributed by atoms with Crippen LogP contribution in [0.3, 0.4) is 0 Å². The van der Waals surface area contributed by atoms with Gasteiger partial charge in [0.05, 0.1) is 17.8 Å². The maximum absolute atomic E-state index is 13.2. The monoisotopic (exact) mass is 422 g/mol. The number of carbonyl (C=O) groups is 1. The maximum Gasteiger partial charge on any atom is 0.233 e. The van der Waals surface area contributed by atoms with Gasteiger partial charge in [0.1, 0.15) is 5.82 Å². The highest BCUT2D eigenvalue weighted by atomic mass is 35.5. The van der Waals surface area contributed by atoms with E-state index in [0.717, 1.165) is 85.4 Å². The molecule has 1 N–H and O–H groups in total. The van der Waals surface area contributed by atoms with E-state index in [9.17, 15) is 4.79 Å². The molecule has 0 bridgehead atoms. The SMILES string of the molecule is O=C(C1CN(c2c3c(nc4ccnn24)CCNCC3)C1)N1CCc2cc(Cl)ccc21. The van der Waals surface area contributed by atoms with Crippen LogP contribution in [0, 0.1) is 5.92 Å². The Labute approximate surface area is 179 Å². The molecule has 1 fully saturated rings. The van der Waals surface area contributed by atoms with Crippen molar-refractivity contribution in [2.24, 2.45) is 5.92 Å². The molecule has 6 rings (SSSR count). The van der Waals surface area contributed by atoms with E-state index in [1.807, 2.05) is 33.7 Å². The zero-order valence-electron chi connectivity index (χ0n) is 16.6. The number of hydrogen-bond acceptors (Lipinski definition) is 5. The lowest BCUT2D eigenvalue weighted by Crippen LogP contribution is -2.55. The standard InChI is InChI=1S/C22H23ClN6O/c23-16-1-2-19-14(11-16)6-10-28(19)22(30)15-12-27(13-15)21-17-3-7-24-8-4-18(17)26-20-5-9-25-29(20)21/h1-2,5,9,11,15,24H,3-4,6-8,10,12-13H2. The molecule has 8 heteroatoms. The lowest BCUT2D eigenvalue weighted by molar-refractivity contribution is -0.123. The first-order valence-electron chi connectivity index (χ1n) is 10.6. The van der Waals surface area contributed by atoms with Gasteiger partial charge in [0.15, 0.2) is 5.65 Å². The Morgan fingerprint density at radius 1 is 1.13 bits per heavy atom. The lowest BCUT2D eigenvalue weighted by Gasteiger charge is -2.42. The molecule has 3 aliphatic rings. The summed E-state index contributed by atoms with van der Waals surface area (Å²) in [7, 11) is 0. The summed E-state index contributed by atoms with van der Waals surface area (Å²) < 4.78 is 1.94. The summed E-state index contributed by atoms with van der Waals surface area (Å²) in [6, 6.07) is 7.78. The Kier molecular flexibility index (Phi) is 4.21. The largest absolute Gasteiger partial charge is 0.354 e. The van der Waals surface area contributed by atoms with Crippen molar-refractivity contribution in [2.45, 2.75) is 19.3 Å². The van der Waals surface area contributed by atoms with Crippen molar-refractivity contribution >= 4 is 34.7 Å². The molecule has 30 heavy (non-hydrogen) atoms. The zero-order chi connectivity index (χ0) is 20.2. The summed E-state index contributed by atoms with van der Waals surface area (Å²) in [6.45, 7) is 4.07. The van der Waals surface area contributed by atoms with Crippen LogP contribution in [0.5, 0.6) is 0 Å². The van der Waals surface area contributed by atoms with Gasteiger partial charge in [0.2, 0.25) is 5.91 Å². The quantitative estimate of drug-likeness (QED) is 0.685. The molecule has 2 aromatic heterocycles. The van der Waals surface area contributed by atoms with Crippen LogP contribution in [0.1, 0.15) is 16.8 Å². The molecule has 3 aromatic rings. The molecule has 7 nitrogen and oxygen atoms in total. The molecular weight excluding hydrogens is 400 g/mol. The number of benzene rings is 1. The first kappa shape index (κ1) is 18.2. The molecule has 1 saturated heterocycles. The van der Waals surface area contributed by atoms with Crippen LogP contribution in [0.15, 0.2) is 30.5 Å². The topological polar surface area (TPSA) is 65.8 Å². The van der Waals surface area contributed by atoms with Crippen LogP contribution < -0.4 is 15.1 Å². The third-order valence-corrected chi connectivity index (χ3v) is 6.75. The number of aromatic nitrogens is 3. The van der Waals surface area contributed by atoms with Crippen molar-refractivity contribution in [3.05, 3.63) is 52.3 Å². The molecule has 0 spiro atoms. The van der Waals surface area contributed by atoms with Gasteiger partial charge in [-0.15, -0.1) is 0 Å². The second-order valence-electron chi connectivity index (χ2n) is 8.33. The van der Waals surface area contributed by atoms with Crippen molar-refractivity contribution < 1.29 is 4.79 Å². The van der Waals surface area contributed by atoms with Crippen molar-refractivity contribution in [1.82, 2.24) is 19.9 Å². The van der Waals surface area contributed by atoms with Gasteiger partial charge in [-0.1, -0.05) is 11.6 Å². The highest BCUT2D eigenvalue weighted by molar-refractivity contribution is 6.30. The number of rotatable bonds is 2. The van der Waals surface area contributed by atoms with Gasteiger partial charge in [-0.25, -0.2) is 4.98 Å². The number of anilines is 2. The molecule has 3 aliphatic heterocycles. The normalized spacial score (nSPS) is 18.8. The van der Waals surface area contributed by atoms with Crippen molar-refractivity contribution in [3.63, 3.8) is 0 Å². The molecule has 154 valence electrons. The van der Waals surface area contributed by atoms with Crippen molar-refractivity contribution in [3.8, 4) is 0 Å². The molecule has 0 atom stereocenters. The fourth-order valence-electron chi connectivity index (χ4n) is 4.97. The minimum Gasteiger partial charge on any atom is -0.354 e. The van der Waals surface area contributed by atoms with E-state index in [4.69, 9.17) is 16.6 Å². The van der Waals surface area contributed by atoms with E-state index >= 15 is 0 Å². The molecule has 0 radical (unpaired) electrons. The third kappa shape index (κ3) is 2.80. The Bertz CT molecular complexity index is 1150. The Balaban J connectivity index is 1.27. The average molecular weight is 423 g/mol. The number of halogens is 1. The second-order valence-corrected chi connectivity index (χ2v) is 8.76. The Morgan fingerprint density at radius 3 is 2.90 bits per heavy atom. The molecule has 5 heterocycles. The van der Waals surface area contributed by atoms with Crippen molar-refractivity contribution in [1.29, 1.82) is 0 Å². The number of nitrogens with zero attached hydrogens (tertiary/aromatic N) is 5. The predicted molar refractivity (Wildman–Crippen MR) is 116 cm³/mol.